The Morgan fingerprint density at radius 2 is 1.56 bits per heavy atom. The molecule has 0 radical (unpaired) electrons. The van der Waals surface area contributed by atoms with Crippen LogP contribution < -0.4 is 5.32 Å². The van der Waals surface area contributed by atoms with Crippen LogP contribution in [0.5, 0.6) is 0 Å². The Bertz CT molecular complexity index is 1000. The quantitative estimate of drug-likeness (QED) is 0.646. The third-order valence-electron chi connectivity index (χ3n) is 4.46. The molecule has 3 nitrogen and oxygen atoms in total. The standard InChI is InChI=1S/C21H14F3NO2/c22-21(23,24)15-9-6-10-16(13-15)25-20(14-7-2-1-3-8-14)18-12-5-4-11-17(18)19(26)27-20/h1-13,25H/t20-/m1/s1. The van der Waals surface area contributed by atoms with Crippen LogP contribution in [0.3, 0.4) is 0 Å². The van der Waals surface area contributed by atoms with E-state index in [0.29, 0.717) is 16.7 Å². The van der Waals surface area contributed by atoms with Gasteiger partial charge >= 0.3 is 12.1 Å². The molecule has 1 heterocycles. The third kappa shape index (κ3) is 2.93. The number of carbonyl (C=O) groups excluding carboxylic acids is 1. The molecule has 1 N–H and O–H groups in total. The van der Waals surface area contributed by atoms with Crippen LogP contribution in [0.4, 0.5) is 18.9 Å². The second-order valence-electron chi connectivity index (χ2n) is 6.19. The molecule has 136 valence electrons. The van der Waals surface area contributed by atoms with Crippen molar-refractivity contribution in [3.05, 3.63) is 101 Å². The second-order valence-corrected chi connectivity index (χ2v) is 6.19. The number of ether oxygens (including phenoxy) is 1. The van der Waals surface area contributed by atoms with Gasteiger partial charge in [0.1, 0.15) is 0 Å². The Hall–Kier alpha value is -3.28. The minimum atomic E-state index is -4.47. The summed E-state index contributed by atoms with van der Waals surface area (Å²) in [6.07, 6.45) is -4.47. The van der Waals surface area contributed by atoms with Crippen molar-refractivity contribution < 1.29 is 22.7 Å². The van der Waals surface area contributed by atoms with Crippen molar-refractivity contribution in [2.45, 2.75) is 11.9 Å². The predicted octanol–water partition coefficient (Wildman–Crippen LogP) is 5.19. The average Bonchev–Trinajstić information content (AvgIpc) is 2.95. The molecule has 3 aromatic rings. The molecular formula is C21H14F3NO2. The lowest BCUT2D eigenvalue weighted by molar-refractivity contribution is -0.137. The molecule has 0 saturated heterocycles. The normalized spacial score (nSPS) is 18.7. The van der Waals surface area contributed by atoms with Gasteiger partial charge in [-0.2, -0.15) is 13.2 Å². The number of rotatable bonds is 3. The van der Waals surface area contributed by atoms with Crippen LogP contribution in [-0.4, -0.2) is 5.97 Å². The highest BCUT2D eigenvalue weighted by molar-refractivity contribution is 5.96. The first kappa shape index (κ1) is 17.1. The molecule has 0 aliphatic carbocycles. The Morgan fingerprint density at radius 1 is 0.852 bits per heavy atom. The van der Waals surface area contributed by atoms with E-state index in [1.54, 1.807) is 48.5 Å². The van der Waals surface area contributed by atoms with Gasteiger partial charge in [0, 0.05) is 16.8 Å². The van der Waals surface area contributed by atoms with E-state index >= 15 is 0 Å². The van der Waals surface area contributed by atoms with Crippen molar-refractivity contribution >= 4 is 11.7 Å². The number of alkyl halides is 3. The van der Waals surface area contributed by atoms with Gasteiger partial charge in [0.2, 0.25) is 5.72 Å². The molecule has 1 aliphatic heterocycles. The van der Waals surface area contributed by atoms with Gasteiger partial charge in [0.25, 0.3) is 0 Å². The SMILES string of the molecule is O=C1O[C@](Nc2cccc(C(F)(F)F)c2)(c2ccccc2)c2ccccc21. The Balaban J connectivity index is 1.86. The third-order valence-corrected chi connectivity index (χ3v) is 4.46. The molecule has 0 aromatic heterocycles. The number of fused-ring (bicyclic) bond motifs is 1. The molecule has 0 bridgehead atoms. The largest absolute Gasteiger partial charge is 0.427 e. The molecule has 1 aliphatic rings. The van der Waals surface area contributed by atoms with Crippen molar-refractivity contribution in [3.8, 4) is 0 Å². The van der Waals surface area contributed by atoms with E-state index in [0.717, 1.165) is 12.1 Å². The van der Waals surface area contributed by atoms with Crippen molar-refractivity contribution in [1.29, 1.82) is 0 Å². The number of anilines is 1. The number of benzene rings is 3. The first-order valence-corrected chi connectivity index (χ1v) is 8.24. The van der Waals surface area contributed by atoms with Crippen LogP contribution >= 0.6 is 0 Å². The van der Waals surface area contributed by atoms with Crippen molar-refractivity contribution in [2.75, 3.05) is 5.32 Å². The maximum Gasteiger partial charge on any atom is 0.416 e. The highest BCUT2D eigenvalue weighted by atomic mass is 19.4. The minimum Gasteiger partial charge on any atom is -0.427 e. The molecule has 0 amide bonds. The predicted molar refractivity (Wildman–Crippen MR) is 94.1 cm³/mol. The molecule has 6 heteroatoms. The fourth-order valence-corrected chi connectivity index (χ4v) is 3.25. The zero-order valence-corrected chi connectivity index (χ0v) is 14.0. The molecule has 1 atom stereocenters. The maximum atomic E-state index is 13.1. The van der Waals surface area contributed by atoms with Gasteiger partial charge < -0.3 is 10.1 Å². The first-order chi connectivity index (χ1) is 12.9. The van der Waals surface area contributed by atoms with Gasteiger partial charge in [-0.3, -0.25) is 0 Å². The Morgan fingerprint density at radius 3 is 2.30 bits per heavy atom. The zero-order valence-electron chi connectivity index (χ0n) is 14.0. The summed E-state index contributed by atoms with van der Waals surface area (Å²) in [6.45, 7) is 0. The lowest BCUT2D eigenvalue weighted by Crippen LogP contribution is -2.37. The summed E-state index contributed by atoms with van der Waals surface area (Å²) in [5.41, 5.74) is -0.453. The smallest absolute Gasteiger partial charge is 0.416 e. The van der Waals surface area contributed by atoms with Gasteiger partial charge in [-0.25, -0.2) is 4.79 Å². The summed E-state index contributed by atoms with van der Waals surface area (Å²) in [4.78, 5) is 12.4. The molecule has 0 unspecified atom stereocenters. The lowest BCUT2D eigenvalue weighted by Gasteiger charge is -2.31. The van der Waals surface area contributed by atoms with E-state index in [1.807, 2.05) is 6.07 Å². The van der Waals surface area contributed by atoms with E-state index < -0.39 is 23.4 Å². The molecule has 4 rings (SSSR count). The van der Waals surface area contributed by atoms with Gasteiger partial charge in [-0.1, -0.05) is 54.6 Å². The summed E-state index contributed by atoms with van der Waals surface area (Å²) in [6, 6.07) is 20.5. The van der Waals surface area contributed by atoms with Gasteiger partial charge in [0.15, 0.2) is 0 Å². The van der Waals surface area contributed by atoms with Gasteiger partial charge in [-0.15, -0.1) is 0 Å². The number of esters is 1. The van der Waals surface area contributed by atoms with Crippen molar-refractivity contribution in [2.24, 2.45) is 0 Å². The molecular weight excluding hydrogens is 355 g/mol. The van der Waals surface area contributed by atoms with Crippen LogP contribution in [0.15, 0.2) is 78.9 Å². The van der Waals surface area contributed by atoms with Crippen molar-refractivity contribution in [1.82, 2.24) is 0 Å². The number of nitrogens with one attached hydrogen (secondary N) is 1. The van der Waals surface area contributed by atoms with Crippen LogP contribution in [0.2, 0.25) is 0 Å². The highest BCUT2D eigenvalue weighted by Gasteiger charge is 2.47. The number of carbonyl (C=O) groups is 1. The summed E-state index contributed by atoms with van der Waals surface area (Å²) in [5.74, 6) is -0.533. The van der Waals surface area contributed by atoms with E-state index in [4.69, 9.17) is 4.74 Å². The summed E-state index contributed by atoms with van der Waals surface area (Å²) in [7, 11) is 0. The lowest BCUT2D eigenvalue weighted by atomic mass is 9.92. The van der Waals surface area contributed by atoms with E-state index in [-0.39, 0.29) is 5.69 Å². The van der Waals surface area contributed by atoms with Crippen LogP contribution in [0.1, 0.15) is 27.0 Å². The number of halogens is 3. The molecule has 27 heavy (non-hydrogen) atoms. The summed E-state index contributed by atoms with van der Waals surface area (Å²) >= 11 is 0. The van der Waals surface area contributed by atoms with E-state index in [9.17, 15) is 18.0 Å². The average molecular weight is 369 g/mol. The van der Waals surface area contributed by atoms with Crippen molar-refractivity contribution in [3.63, 3.8) is 0 Å². The number of cyclic esters (lactones) is 1. The second kappa shape index (κ2) is 6.16. The van der Waals surface area contributed by atoms with Crippen LogP contribution in [0, 0.1) is 0 Å². The monoisotopic (exact) mass is 369 g/mol. The van der Waals surface area contributed by atoms with Crippen LogP contribution in [-0.2, 0) is 16.6 Å². The Labute approximate surface area is 153 Å². The Kier molecular flexibility index (Phi) is 3.91. The van der Waals surface area contributed by atoms with E-state index in [1.165, 1.54) is 12.1 Å². The van der Waals surface area contributed by atoms with Crippen LogP contribution in [0.25, 0.3) is 0 Å². The first-order valence-electron chi connectivity index (χ1n) is 8.24. The topological polar surface area (TPSA) is 38.3 Å². The minimum absolute atomic E-state index is 0.193. The fourth-order valence-electron chi connectivity index (χ4n) is 3.25. The molecule has 0 saturated carbocycles. The van der Waals surface area contributed by atoms with Gasteiger partial charge in [-0.05, 0) is 24.3 Å². The molecule has 0 fully saturated rings. The number of hydrogen-bond acceptors (Lipinski definition) is 3. The zero-order chi connectivity index (χ0) is 19.1. The molecule has 3 aromatic carbocycles. The fraction of sp³-hybridized carbons (Fsp3) is 0.0952. The molecule has 0 spiro atoms. The highest BCUT2D eigenvalue weighted by Crippen LogP contribution is 2.43. The maximum absolute atomic E-state index is 13.1. The van der Waals surface area contributed by atoms with Gasteiger partial charge in [0.05, 0.1) is 11.1 Å². The number of hydrogen-bond donors (Lipinski definition) is 1. The summed E-state index contributed by atoms with van der Waals surface area (Å²) < 4.78 is 45.0. The van der Waals surface area contributed by atoms with E-state index in [2.05, 4.69) is 5.32 Å². The summed E-state index contributed by atoms with van der Waals surface area (Å²) in [5, 5.41) is 3.03.